The van der Waals surface area contributed by atoms with E-state index in [1.165, 1.54) is 6.08 Å². The molecule has 1 saturated heterocycles. The van der Waals surface area contributed by atoms with Crippen LogP contribution in [0.4, 0.5) is 0 Å². The summed E-state index contributed by atoms with van der Waals surface area (Å²) in [6, 6.07) is 0. The molecule has 0 aromatic rings. The lowest BCUT2D eigenvalue weighted by Crippen LogP contribution is -2.59. The van der Waals surface area contributed by atoms with E-state index >= 15 is 0 Å². The minimum Gasteiger partial charge on any atom is -0.477 e. The molecule has 0 unspecified atom stereocenters. The van der Waals surface area contributed by atoms with Crippen molar-refractivity contribution < 1.29 is 19.5 Å². The summed E-state index contributed by atoms with van der Waals surface area (Å²) < 4.78 is 0. The minimum atomic E-state index is -1.28. The van der Waals surface area contributed by atoms with E-state index in [4.69, 9.17) is 4.84 Å². The Morgan fingerprint density at radius 3 is 1.95 bits per heavy atom. The fourth-order valence-corrected chi connectivity index (χ4v) is 2.83. The van der Waals surface area contributed by atoms with Crippen molar-refractivity contribution >= 4 is 11.9 Å². The Kier molecular flexibility index (Phi) is 5.57. The molecular weight excluding hydrogens is 282 g/mol. The fourth-order valence-electron chi connectivity index (χ4n) is 2.83. The highest BCUT2D eigenvalue weighted by Gasteiger charge is 2.45. The quantitative estimate of drug-likeness (QED) is 0.373. The van der Waals surface area contributed by atoms with Crippen LogP contribution in [-0.2, 0) is 14.4 Å². The second-order valence-electron chi connectivity index (χ2n) is 7.28. The van der Waals surface area contributed by atoms with E-state index in [-0.39, 0.29) is 16.7 Å². The van der Waals surface area contributed by atoms with E-state index in [0.717, 1.165) is 24.8 Å². The highest BCUT2D eigenvalue weighted by atomic mass is 16.7. The lowest BCUT2D eigenvalue weighted by molar-refractivity contribution is -0.262. The Labute approximate surface area is 132 Å². The molecule has 0 bridgehead atoms. The predicted molar refractivity (Wildman–Crippen MR) is 85.1 cm³/mol. The molecule has 1 fully saturated rings. The molecule has 0 saturated carbocycles. The summed E-state index contributed by atoms with van der Waals surface area (Å²) in [5.74, 6) is -2.11. The average Bonchev–Trinajstić information content (AvgIpc) is 2.32. The van der Waals surface area contributed by atoms with Gasteiger partial charge in [-0.2, -0.15) is 0 Å². The third-order valence-electron chi connectivity index (χ3n) is 3.88. The van der Waals surface area contributed by atoms with Gasteiger partial charge in [-0.15, -0.1) is 5.06 Å². The standard InChI is InChI=1S/C17H27NO4/c1-12(2)8-9-13(14(19)20)15(21)22-18-16(3,4)10-7-11-17(18,5)6/h8-9H,7,10-11H2,1-6H3,(H,19,20)/b13-9+. The van der Waals surface area contributed by atoms with Crippen molar-refractivity contribution in [1.29, 1.82) is 0 Å². The van der Waals surface area contributed by atoms with Crippen molar-refractivity contribution in [3.63, 3.8) is 0 Å². The fraction of sp³-hybridized carbons (Fsp3) is 0.647. The second kappa shape index (κ2) is 6.65. The summed E-state index contributed by atoms with van der Waals surface area (Å²) in [4.78, 5) is 29.1. The maximum absolute atomic E-state index is 12.3. The monoisotopic (exact) mass is 309 g/mol. The Morgan fingerprint density at radius 1 is 1.05 bits per heavy atom. The van der Waals surface area contributed by atoms with Crippen molar-refractivity contribution in [2.45, 2.75) is 71.9 Å². The number of carbonyl (C=O) groups is 2. The third-order valence-corrected chi connectivity index (χ3v) is 3.88. The maximum atomic E-state index is 12.3. The van der Waals surface area contributed by atoms with Crippen LogP contribution in [0.15, 0.2) is 23.3 Å². The predicted octanol–water partition coefficient (Wildman–Crippen LogP) is 3.46. The Hall–Kier alpha value is -1.62. The summed E-state index contributed by atoms with van der Waals surface area (Å²) in [7, 11) is 0. The number of aliphatic carboxylic acids is 1. The van der Waals surface area contributed by atoms with Gasteiger partial charge in [0.25, 0.3) is 0 Å². The lowest BCUT2D eigenvalue weighted by Gasteiger charge is -2.50. The van der Waals surface area contributed by atoms with Gasteiger partial charge in [-0.25, -0.2) is 9.59 Å². The first-order valence-corrected chi connectivity index (χ1v) is 7.58. The Bertz CT molecular complexity index is 495. The van der Waals surface area contributed by atoms with Gasteiger partial charge >= 0.3 is 11.9 Å². The van der Waals surface area contributed by atoms with Gasteiger partial charge in [0.1, 0.15) is 5.57 Å². The third kappa shape index (κ3) is 4.44. The van der Waals surface area contributed by atoms with Crippen LogP contribution < -0.4 is 0 Å². The molecule has 22 heavy (non-hydrogen) atoms. The molecule has 5 nitrogen and oxygen atoms in total. The molecule has 0 aromatic heterocycles. The summed E-state index contributed by atoms with van der Waals surface area (Å²) in [6.07, 6.45) is 5.72. The van der Waals surface area contributed by atoms with Crippen LogP contribution in [0.25, 0.3) is 0 Å². The van der Waals surface area contributed by atoms with Crippen molar-refractivity contribution in [1.82, 2.24) is 5.06 Å². The van der Waals surface area contributed by atoms with Crippen LogP contribution in [0.1, 0.15) is 60.8 Å². The molecule has 1 aliphatic rings. The average molecular weight is 309 g/mol. The molecule has 0 atom stereocenters. The van der Waals surface area contributed by atoms with E-state index in [9.17, 15) is 14.7 Å². The number of allylic oxidation sites excluding steroid dienone is 3. The largest absolute Gasteiger partial charge is 0.477 e. The first-order chi connectivity index (χ1) is 9.97. The molecule has 5 heteroatoms. The summed E-state index contributed by atoms with van der Waals surface area (Å²) in [5.41, 5.74) is -0.0988. The minimum absolute atomic E-state index is 0.322. The lowest BCUT2D eigenvalue weighted by atomic mass is 9.82. The maximum Gasteiger partial charge on any atom is 0.364 e. The van der Waals surface area contributed by atoms with Crippen LogP contribution in [0.2, 0.25) is 0 Å². The van der Waals surface area contributed by atoms with Gasteiger partial charge in [0.15, 0.2) is 0 Å². The van der Waals surface area contributed by atoms with Crippen molar-refractivity contribution in [2.75, 3.05) is 0 Å². The second-order valence-corrected chi connectivity index (χ2v) is 7.28. The Balaban J connectivity index is 3.04. The summed E-state index contributed by atoms with van der Waals surface area (Å²) in [5, 5.41) is 10.9. The van der Waals surface area contributed by atoms with Crippen molar-refractivity contribution in [3.05, 3.63) is 23.3 Å². The molecule has 1 aliphatic heterocycles. The van der Waals surface area contributed by atoms with Crippen LogP contribution >= 0.6 is 0 Å². The van der Waals surface area contributed by atoms with Gasteiger partial charge in [0.2, 0.25) is 0 Å². The number of piperidine rings is 1. The number of nitrogens with zero attached hydrogens (tertiary/aromatic N) is 1. The van der Waals surface area contributed by atoms with Crippen molar-refractivity contribution in [3.8, 4) is 0 Å². The van der Waals surface area contributed by atoms with Crippen LogP contribution in [0, 0.1) is 0 Å². The van der Waals surface area contributed by atoms with E-state index < -0.39 is 11.9 Å². The normalized spacial score (nSPS) is 21.1. The number of carbonyl (C=O) groups excluding carboxylic acids is 1. The number of hydrogen-bond acceptors (Lipinski definition) is 4. The Morgan fingerprint density at radius 2 is 1.55 bits per heavy atom. The van der Waals surface area contributed by atoms with Crippen LogP contribution in [-0.4, -0.2) is 33.2 Å². The number of hydrogen-bond donors (Lipinski definition) is 1. The summed E-state index contributed by atoms with van der Waals surface area (Å²) >= 11 is 0. The molecule has 0 amide bonds. The van der Waals surface area contributed by atoms with E-state index in [2.05, 4.69) is 0 Å². The topological polar surface area (TPSA) is 66.8 Å². The molecule has 0 aliphatic carbocycles. The molecule has 1 N–H and O–H groups in total. The number of hydroxylamine groups is 2. The highest BCUT2D eigenvalue weighted by molar-refractivity contribution is 6.13. The van der Waals surface area contributed by atoms with Gasteiger partial charge in [0.05, 0.1) is 11.1 Å². The molecule has 1 rings (SSSR count). The molecule has 0 radical (unpaired) electrons. The van der Waals surface area contributed by atoms with Gasteiger partial charge < -0.3 is 9.94 Å². The van der Waals surface area contributed by atoms with E-state index in [1.54, 1.807) is 11.1 Å². The smallest absolute Gasteiger partial charge is 0.364 e. The van der Waals surface area contributed by atoms with Gasteiger partial charge in [0, 0.05) is 0 Å². The zero-order valence-electron chi connectivity index (χ0n) is 14.4. The SMILES string of the molecule is CC(C)=C/C=C(\C(=O)O)C(=O)ON1C(C)(C)CCCC1(C)C. The zero-order valence-corrected chi connectivity index (χ0v) is 14.4. The molecule has 124 valence electrons. The first kappa shape index (κ1) is 18.4. The van der Waals surface area contributed by atoms with Crippen LogP contribution in [0.3, 0.4) is 0 Å². The van der Waals surface area contributed by atoms with E-state index in [1.807, 2.05) is 41.5 Å². The molecule has 1 heterocycles. The molecule has 0 aromatic carbocycles. The van der Waals surface area contributed by atoms with E-state index in [0.29, 0.717) is 0 Å². The highest BCUT2D eigenvalue weighted by Crippen LogP contribution is 2.38. The van der Waals surface area contributed by atoms with Gasteiger partial charge in [-0.3, -0.25) is 0 Å². The van der Waals surface area contributed by atoms with Gasteiger partial charge in [-0.05, 0) is 66.9 Å². The molecule has 0 spiro atoms. The van der Waals surface area contributed by atoms with Gasteiger partial charge in [-0.1, -0.05) is 11.6 Å². The number of carboxylic acids is 1. The number of rotatable bonds is 4. The van der Waals surface area contributed by atoms with Crippen LogP contribution in [0.5, 0.6) is 0 Å². The number of carboxylic acid groups (broad SMARTS) is 1. The first-order valence-electron chi connectivity index (χ1n) is 7.58. The zero-order chi connectivity index (χ0) is 17.1. The molecular formula is C17H27NO4. The van der Waals surface area contributed by atoms with Crippen molar-refractivity contribution in [2.24, 2.45) is 0 Å². The summed E-state index contributed by atoms with van der Waals surface area (Å²) in [6.45, 7) is 11.7.